The molecule has 5 nitrogen and oxygen atoms in total. The minimum atomic E-state index is -0.816. The lowest BCUT2D eigenvalue weighted by atomic mass is 10.2. The summed E-state index contributed by atoms with van der Waals surface area (Å²) in [5.74, 6) is -0.229. The van der Waals surface area contributed by atoms with Gasteiger partial charge in [0.15, 0.2) is 5.13 Å². The van der Waals surface area contributed by atoms with Crippen LogP contribution in [0, 0.1) is 0 Å². The second-order valence-electron chi connectivity index (χ2n) is 3.24. The first kappa shape index (κ1) is 13.1. The molecule has 1 heterocycles. The molecule has 0 bridgehead atoms. The molecular formula is C9H14N2O3S2. The molecule has 0 radical (unpaired) electrons. The van der Waals surface area contributed by atoms with Crippen LogP contribution in [0.5, 0.6) is 0 Å². The standard InChI is InChI=1S/C9H14N2O3S2/c1-16(14)5-4-10-9-11-7(6-15-9)2-3-8(12)13/h6H,2-5H2,1H3,(H,10,11)(H,12,13). The molecule has 1 rings (SSSR count). The summed E-state index contributed by atoms with van der Waals surface area (Å²) >= 11 is 1.44. The molecule has 2 N–H and O–H groups in total. The first-order chi connectivity index (χ1) is 7.58. The zero-order valence-electron chi connectivity index (χ0n) is 8.93. The van der Waals surface area contributed by atoms with E-state index in [-0.39, 0.29) is 6.42 Å². The first-order valence-corrected chi connectivity index (χ1v) is 7.38. The third-order valence-corrected chi connectivity index (χ3v) is 3.44. The van der Waals surface area contributed by atoms with Crippen molar-refractivity contribution in [2.45, 2.75) is 12.8 Å². The number of thiazole rings is 1. The number of nitrogens with one attached hydrogen (secondary N) is 1. The van der Waals surface area contributed by atoms with Gasteiger partial charge < -0.3 is 10.4 Å². The topological polar surface area (TPSA) is 79.3 Å². The molecule has 1 aromatic rings. The summed E-state index contributed by atoms with van der Waals surface area (Å²) < 4.78 is 10.8. The molecular weight excluding hydrogens is 248 g/mol. The summed E-state index contributed by atoms with van der Waals surface area (Å²) in [5, 5.41) is 14.2. The molecule has 0 aromatic carbocycles. The molecule has 0 fully saturated rings. The van der Waals surface area contributed by atoms with Crippen molar-refractivity contribution in [1.82, 2.24) is 4.98 Å². The molecule has 0 saturated carbocycles. The molecule has 0 aliphatic heterocycles. The fourth-order valence-corrected chi connectivity index (χ4v) is 2.20. The Morgan fingerprint density at radius 1 is 1.69 bits per heavy atom. The van der Waals surface area contributed by atoms with Crippen molar-refractivity contribution >= 4 is 33.2 Å². The van der Waals surface area contributed by atoms with E-state index in [4.69, 9.17) is 5.11 Å². The number of aryl methyl sites for hydroxylation is 1. The van der Waals surface area contributed by atoms with Crippen LogP contribution >= 0.6 is 11.3 Å². The van der Waals surface area contributed by atoms with Crippen molar-refractivity contribution in [3.63, 3.8) is 0 Å². The predicted octanol–water partition coefficient (Wildman–Crippen LogP) is 0.951. The van der Waals surface area contributed by atoms with Gasteiger partial charge in [-0.05, 0) is 0 Å². The second-order valence-corrected chi connectivity index (χ2v) is 5.65. The van der Waals surface area contributed by atoms with Crippen molar-refractivity contribution < 1.29 is 14.1 Å². The first-order valence-electron chi connectivity index (χ1n) is 4.78. The van der Waals surface area contributed by atoms with Gasteiger partial charge in [-0.25, -0.2) is 4.98 Å². The molecule has 1 atom stereocenters. The van der Waals surface area contributed by atoms with Gasteiger partial charge in [0.05, 0.1) is 12.1 Å². The van der Waals surface area contributed by atoms with Crippen LogP contribution in [0.1, 0.15) is 12.1 Å². The van der Waals surface area contributed by atoms with Crippen molar-refractivity contribution in [3.8, 4) is 0 Å². The van der Waals surface area contributed by atoms with Gasteiger partial charge in [0.25, 0.3) is 0 Å². The Labute approximate surface area is 100 Å². The van der Waals surface area contributed by atoms with E-state index in [9.17, 15) is 9.00 Å². The number of hydrogen-bond donors (Lipinski definition) is 2. The normalized spacial score (nSPS) is 12.3. The lowest BCUT2D eigenvalue weighted by molar-refractivity contribution is -0.136. The highest BCUT2D eigenvalue weighted by Gasteiger charge is 2.04. The van der Waals surface area contributed by atoms with Gasteiger partial charge in [0.1, 0.15) is 0 Å². The number of aliphatic carboxylic acids is 1. The molecule has 16 heavy (non-hydrogen) atoms. The highest BCUT2D eigenvalue weighted by atomic mass is 32.2. The van der Waals surface area contributed by atoms with Crippen LogP contribution in [0.4, 0.5) is 5.13 Å². The van der Waals surface area contributed by atoms with Gasteiger partial charge in [-0.3, -0.25) is 9.00 Å². The van der Waals surface area contributed by atoms with E-state index in [1.54, 1.807) is 6.26 Å². The summed E-state index contributed by atoms with van der Waals surface area (Å²) in [6, 6.07) is 0. The lowest BCUT2D eigenvalue weighted by Crippen LogP contribution is -2.09. The number of anilines is 1. The van der Waals surface area contributed by atoms with Crippen LogP contribution in [-0.4, -0.2) is 38.8 Å². The van der Waals surface area contributed by atoms with Crippen LogP contribution < -0.4 is 5.32 Å². The molecule has 0 amide bonds. The Balaban J connectivity index is 2.33. The Morgan fingerprint density at radius 2 is 2.44 bits per heavy atom. The number of carbonyl (C=O) groups is 1. The third-order valence-electron chi connectivity index (χ3n) is 1.81. The van der Waals surface area contributed by atoms with Crippen molar-refractivity contribution in [2.24, 2.45) is 0 Å². The van der Waals surface area contributed by atoms with E-state index in [1.165, 1.54) is 11.3 Å². The average molecular weight is 262 g/mol. The largest absolute Gasteiger partial charge is 0.481 e. The number of hydrogen-bond acceptors (Lipinski definition) is 5. The minimum absolute atomic E-state index is 0.0994. The van der Waals surface area contributed by atoms with Crippen molar-refractivity contribution in [1.29, 1.82) is 0 Å². The predicted molar refractivity (Wildman–Crippen MR) is 65.5 cm³/mol. The van der Waals surface area contributed by atoms with Crippen molar-refractivity contribution in [2.75, 3.05) is 23.9 Å². The van der Waals surface area contributed by atoms with E-state index in [0.717, 1.165) is 10.8 Å². The molecule has 0 aliphatic carbocycles. The zero-order valence-corrected chi connectivity index (χ0v) is 10.6. The molecule has 0 spiro atoms. The number of nitrogens with zero attached hydrogens (tertiary/aromatic N) is 1. The fourth-order valence-electron chi connectivity index (χ4n) is 1.04. The third kappa shape index (κ3) is 5.22. The van der Waals surface area contributed by atoms with Gasteiger partial charge in [-0.2, -0.15) is 0 Å². The van der Waals surface area contributed by atoms with Crippen LogP contribution in [0.2, 0.25) is 0 Å². The summed E-state index contributed by atoms with van der Waals surface area (Å²) in [5.41, 5.74) is 0.785. The molecule has 0 saturated heterocycles. The quantitative estimate of drug-likeness (QED) is 0.765. The Morgan fingerprint density at radius 3 is 3.06 bits per heavy atom. The minimum Gasteiger partial charge on any atom is -0.481 e. The SMILES string of the molecule is CS(=O)CCNc1nc(CCC(=O)O)cs1. The summed E-state index contributed by atoms with van der Waals surface area (Å²) in [7, 11) is -0.805. The summed E-state index contributed by atoms with van der Waals surface area (Å²) in [6.45, 7) is 0.620. The van der Waals surface area contributed by atoms with E-state index < -0.39 is 16.8 Å². The maximum absolute atomic E-state index is 10.8. The van der Waals surface area contributed by atoms with E-state index in [2.05, 4.69) is 10.3 Å². The van der Waals surface area contributed by atoms with Gasteiger partial charge >= 0.3 is 5.97 Å². The number of carboxylic acids is 1. The average Bonchev–Trinajstić information content (AvgIpc) is 2.62. The molecule has 1 unspecified atom stereocenters. The number of carboxylic acid groups (broad SMARTS) is 1. The molecule has 7 heteroatoms. The highest BCUT2D eigenvalue weighted by molar-refractivity contribution is 7.84. The zero-order chi connectivity index (χ0) is 12.0. The fraction of sp³-hybridized carbons (Fsp3) is 0.556. The summed E-state index contributed by atoms with van der Waals surface area (Å²) in [6.07, 6.45) is 2.21. The maximum Gasteiger partial charge on any atom is 0.303 e. The van der Waals surface area contributed by atoms with Gasteiger partial charge in [-0.15, -0.1) is 11.3 Å². The monoisotopic (exact) mass is 262 g/mol. The van der Waals surface area contributed by atoms with Crippen LogP contribution in [0.15, 0.2) is 5.38 Å². The van der Waals surface area contributed by atoms with Crippen molar-refractivity contribution in [3.05, 3.63) is 11.1 Å². The summed E-state index contributed by atoms with van der Waals surface area (Å²) in [4.78, 5) is 14.6. The van der Waals surface area contributed by atoms with Crippen LogP contribution in [0.25, 0.3) is 0 Å². The number of aromatic nitrogens is 1. The van der Waals surface area contributed by atoms with Gasteiger partial charge in [-0.1, -0.05) is 0 Å². The van der Waals surface area contributed by atoms with Crippen LogP contribution in [0.3, 0.4) is 0 Å². The molecule has 90 valence electrons. The number of rotatable bonds is 7. The molecule has 1 aromatic heterocycles. The van der Waals surface area contributed by atoms with Gasteiger partial charge in [0, 0.05) is 41.2 Å². The van der Waals surface area contributed by atoms with Crippen LogP contribution in [-0.2, 0) is 22.0 Å². The van der Waals surface area contributed by atoms with E-state index >= 15 is 0 Å². The van der Waals surface area contributed by atoms with Gasteiger partial charge in [0.2, 0.25) is 0 Å². The highest BCUT2D eigenvalue weighted by Crippen LogP contribution is 2.16. The Kier molecular flexibility index (Phi) is 5.41. The second kappa shape index (κ2) is 6.59. The smallest absolute Gasteiger partial charge is 0.303 e. The Bertz CT molecular complexity index is 379. The maximum atomic E-state index is 10.8. The van der Waals surface area contributed by atoms with E-state index in [1.807, 2.05) is 5.38 Å². The molecule has 0 aliphatic rings. The van der Waals surface area contributed by atoms with E-state index in [0.29, 0.717) is 18.7 Å². The lowest BCUT2D eigenvalue weighted by Gasteiger charge is -1.99. The Hall–Kier alpha value is -0.950.